The maximum atomic E-state index is 12.3. The van der Waals surface area contributed by atoms with Gasteiger partial charge in [0.1, 0.15) is 11.4 Å². The molecule has 2 N–H and O–H groups in total. The summed E-state index contributed by atoms with van der Waals surface area (Å²) in [6, 6.07) is 18.2. The van der Waals surface area contributed by atoms with E-state index in [0.29, 0.717) is 12.2 Å². The van der Waals surface area contributed by atoms with Gasteiger partial charge in [-0.1, -0.05) is 30.3 Å². The molecule has 6 heteroatoms. The van der Waals surface area contributed by atoms with Gasteiger partial charge in [0, 0.05) is 11.8 Å². The van der Waals surface area contributed by atoms with E-state index in [4.69, 9.17) is 0 Å². The lowest BCUT2D eigenvalue weighted by Gasteiger charge is -2.08. The molecule has 24 heavy (non-hydrogen) atoms. The molecule has 0 unspecified atom stereocenters. The lowest BCUT2D eigenvalue weighted by Crippen LogP contribution is -2.26. The molecule has 0 spiro atoms. The van der Waals surface area contributed by atoms with Crippen molar-refractivity contribution in [1.82, 2.24) is 9.78 Å². The highest BCUT2D eigenvalue weighted by Crippen LogP contribution is 2.14. The maximum Gasteiger partial charge on any atom is 0.276 e. The summed E-state index contributed by atoms with van der Waals surface area (Å²) in [7, 11) is 0. The molecule has 0 aliphatic heterocycles. The van der Waals surface area contributed by atoms with Gasteiger partial charge in [0.2, 0.25) is 0 Å². The van der Waals surface area contributed by atoms with Gasteiger partial charge in [-0.2, -0.15) is 5.10 Å². The van der Waals surface area contributed by atoms with Gasteiger partial charge < -0.3 is 10.4 Å². The largest absolute Gasteiger partial charge is 0.508 e. The zero-order valence-electron chi connectivity index (χ0n) is 12.7. The Morgan fingerprint density at radius 1 is 1.00 bits per heavy atom. The molecule has 0 saturated carbocycles. The van der Waals surface area contributed by atoms with Gasteiger partial charge in [0.25, 0.3) is 11.5 Å². The van der Waals surface area contributed by atoms with Crippen molar-refractivity contribution in [3.05, 3.63) is 88.3 Å². The molecule has 2 aromatic carbocycles. The van der Waals surface area contributed by atoms with Gasteiger partial charge in [0.05, 0.1) is 6.54 Å². The maximum absolute atomic E-state index is 12.3. The third kappa shape index (κ3) is 3.67. The molecular weight excluding hydrogens is 306 g/mol. The van der Waals surface area contributed by atoms with E-state index in [1.54, 1.807) is 12.1 Å². The van der Waals surface area contributed by atoms with Gasteiger partial charge in [-0.05, 0) is 35.9 Å². The highest BCUT2D eigenvalue weighted by Gasteiger charge is 2.10. The van der Waals surface area contributed by atoms with E-state index >= 15 is 0 Å². The number of rotatable bonds is 4. The van der Waals surface area contributed by atoms with Gasteiger partial charge in [0.15, 0.2) is 0 Å². The summed E-state index contributed by atoms with van der Waals surface area (Å²) in [5, 5.41) is 16.0. The van der Waals surface area contributed by atoms with Crippen LogP contribution < -0.4 is 10.9 Å². The topological polar surface area (TPSA) is 84.2 Å². The van der Waals surface area contributed by atoms with Crippen LogP contribution in [0, 0.1) is 0 Å². The number of aromatic nitrogens is 2. The molecule has 1 amide bonds. The number of aromatic hydroxyl groups is 1. The Kier molecular flexibility index (Phi) is 4.38. The summed E-state index contributed by atoms with van der Waals surface area (Å²) in [6.07, 6.45) is 0. The first-order valence-electron chi connectivity index (χ1n) is 7.34. The molecule has 1 heterocycles. The number of phenolic OH excluding ortho intramolecular Hbond substituents is 1. The van der Waals surface area contributed by atoms with Crippen molar-refractivity contribution < 1.29 is 9.90 Å². The Hall–Kier alpha value is -3.41. The van der Waals surface area contributed by atoms with Crippen molar-refractivity contribution in [2.75, 3.05) is 5.32 Å². The molecule has 0 atom stereocenters. The van der Waals surface area contributed by atoms with Crippen LogP contribution in [0.2, 0.25) is 0 Å². The van der Waals surface area contributed by atoms with Crippen LogP contribution >= 0.6 is 0 Å². The Bertz CT molecular complexity index is 903. The molecule has 120 valence electrons. The van der Waals surface area contributed by atoms with Crippen LogP contribution in [0.25, 0.3) is 0 Å². The summed E-state index contributed by atoms with van der Waals surface area (Å²) < 4.78 is 1.25. The molecule has 0 aliphatic carbocycles. The van der Waals surface area contributed by atoms with Crippen LogP contribution in [0.3, 0.4) is 0 Å². The molecule has 6 nitrogen and oxygen atoms in total. The van der Waals surface area contributed by atoms with Crippen molar-refractivity contribution in [2.24, 2.45) is 0 Å². The second-order valence-electron chi connectivity index (χ2n) is 5.20. The van der Waals surface area contributed by atoms with E-state index in [0.717, 1.165) is 5.56 Å². The van der Waals surface area contributed by atoms with Crippen molar-refractivity contribution in [2.45, 2.75) is 6.54 Å². The third-order valence-electron chi connectivity index (χ3n) is 3.40. The van der Waals surface area contributed by atoms with Crippen molar-refractivity contribution in [3.63, 3.8) is 0 Å². The zero-order valence-corrected chi connectivity index (χ0v) is 12.7. The van der Waals surface area contributed by atoms with Crippen LogP contribution in [0.5, 0.6) is 5.75 Å². The number of carbonyl (C=O) groups excluding carboxylic acids is 1. The number of hydrogen-bond acceptors (Lipinski definition) is 4. The number of amides is 1. The summed E-state index contributed by atoms with van der Waals surface area (Å²) in [5.74, 6) is -0.315. The number of anilines is 1. The van der Waals surface area contributed by atoms with Gasteiger partial charge >= 0.3 is 0 Å². The lowest BCUT2D eigenvalue weighted by molar-refractivity contribution is 0.102. The molecule has 3 aromatic rings. The van der Waals surface area contributed by atoms with Crippen molar-refractivity contribution >= 4 is 11.6 Å². The van der Waals surface area contributed by atoms with Crippen LogP contribution in [0.1, 0.15) is 16.1 Å². The highest BCUT2D eigenvalue weighted by atomic mass is 16.3. The number of nitrogens with one attached hydrogen (secondary N) is 1. The van der Waals surface area contributed by atoms with Crippen LogP contribution in [0.15, 0.2) is 71.5 Å². The summed E-state index contributed by atoms with van der Waals surface area (Å²) in [4.78, 5) is 24.2. The lowest BCUT2D eigenvalue weighted by atomic mass is 10.2. The minimum Gasteiger partial charge on any atom is -0.508 e. The Labute approximate surface area is 138 Å². The molecule has 0 saturated heterocycles. The van der Waals surface area contributed by atoms with Crippen LogP contribution in [0.4, 0.5) is 5.69 Å². The Morgan fingerprint density at radius 2 is 1.71 bits per heavy atom. The van der Waals surface area contributed by atoms with Crippen molar-refractivity contribution in [1.29, 1.82) is 0 Å². The predicted octanol–water partition coefficient (Wildman–Crippen LogP) is 2.25. The molecule has 0 aliphatic rings. The van der Waals surface area contributed by atoms with Crippen LogP contribution in [-0.4, -0.2) is 20.8 Å². The predicted molar refractivity (Wildman–Crippen MR) is 90.1 cm³/mol. The van der Waals surface area contributed by atoms with E-state index in [-0.39, 0.29) is 17.0 Å². The SMILES string of the molecule is O=C(Nc1ccc(O)cc1)c1ccc(=O)n(Cc2ccccc2)n1. The summed E-state index contributed by atoms with van der Waals surface area (Å²) >= 11 is 0. The molecule has 0 radical (unpaired) electrons. The number of nitrogens with zero attached hydrogens (tertiary/aromatic N) is 2. The van der Waals surface area contributed by atoms with E-state index < -0.39 is 5.91 Å². The molecular formula is C18H15N3O3. The number of phenols is 1. The monoisotopic (exact) mass is 321 g/mol. The average molecular weight is 321 g/mol. The second-order valence-corrected chi connectivity index (χ2v) is 5.20. The molecule has 0 fully saturated rings. The normalized spacial score (nSPS) is 10.3. The van der Waals surface area contributed by atoms with Gasteiger partial charge in [-0.15, -0.1) is 0 Å². The number of hydrogen-bond donors (Lipinski definition) is 2. The van der Waals surface area contributed by atoms with E-state index in [9.17, 15) is 14.7 Å². The first kappa shape index (κ1) is 15.5. The fourth-order valence-corrected chi connectivity index (χ4v) is 2.18. The first-order chi connectivity index (χ1) is 11.6. The van der Waals surface area contributed by atoms with Crippen molar-refractivity contribution in [3.8, 4) is 5.75 Å². The number of carbonyl (C=O) groups is 1. The highest BCUT2D eigenvalue weighted by molar-refractivity contribution is 6.02. The Morgan fingerprint density at radius 3 is 2.42 bits per heavy atom. The summed E-state index contributed by atoms with van der Waals surface area (Å²) in [6.45, 7) is 0.292. The fourth-order valence-electron chi connectivity index (χ4n) is 2.18. The molecule has 1 aromatic heterocycles. The third-order valence-corrected chi connectivity index (χ3v) is 3.40. The fraction of sp³-hybridized carbons (Fsp3) is 0.0556. The molecule has 0 bridgehead atoms. The second kappa shape index (κ2) is 6.78. The zero-order chi connectivity index (χ0) is 16.9. The minimum atomic E-state index is -0.428. The van der Waals surface area contributed by atoms with Gasteiger partial charge in [-0.25, -0.2) is 4.68 Å². The smallest absolute Gasteiger partial charge is 0.276 e. The first-order valence-corrected chi connectivity index (χ1v) is 7.34. The quantitative estimate of drug-likeness (QED) is 0.722. The average Bonchev–Trinajstić information content (AvgIpc) is 2.60. The molecule has 3 rings (SSSR count). The minimum absolute atomic E-state index is 0.113. The van der Waals surface area contributed by atoms with Gasteiger partial charge in [-0.3, -0.25) is 9.59 Å². The van der Waals surface area contributed by atoms with E-state index in [2.05, 4.69) is 10.4 Å². The summed E-state index contributed by atoms with van der Waals surface area (Å²) in [5.41, 5.74) is 1.31. The standard InChI is InChI=1S/C18H15N3O3/c22-15-8-6-14(7-9-15)19-18(24)16-10-11-17(23)21(20-16)12-13-4-2-1-3-5-13/h1-11,22H,12H2,(H,19,24). The van der Waals surface area contributed by atoms with Crippen LogP contribution in [-0.2, 0) is 6.54 Å². The number of benzene rings is 2. The van der Waals surface area contributed by atoms with E-state index in [1.807, 2.05) is 30.3 Å². The Balaban J connectivity index is 1.81. The van der Waals surface area contributed by atoms with E-state index in [1.165, 1.54) is 28.9 Å².